The van der Waals surface area contributed by atoms with Gasteiger partial charge in [0.2, 0.25) is 0 Å². The maximum atomic E-state index is 13.1. The van der Waals surface area contributed by atoms with Gasteiger partial charge in [0, 0.05) is 30.2 Å². The number of hydrogen-bond donors (Lipinski definition) is 3. The molecule has 8 nitrogen and oxygen atoms in total. The van der Waals surface area contributed by atoms with Crippen LogP contribution in [-0.4, -0.2) is 31.8 Å². The van der Waals surface area contributed by atoms with Gasteiger partial charge in [-0.3, -0.25) is 19.4 Å². The maximum absolute atomic E-state index is 13.1. The summed E-state index contributed by atoms with van der Waals surface area (Å²) in [6.45, 7) is 0. The van der Waals surface area contributed by atoms with Gasteiger partial charge in [-0.15, -0.1) is 0 Å². The highest BCUT2D eigenvalue weighted by Crippen LogP contribution is 2.20. The average molecular weight is 404 g/mol. The van der Waals surface area contributed by atoms with Gasteiger partial charge in [0.15, 0.2) is 5.69 Å². The first-order chi connectivity index (χ1) is 14.5. The third-order valence-corrected chi connectivity index (χ3v) is 4.29. The first-order valence-electron chi connectivity index (χ1n) is 9.02. The van der Waals surface area contributed by atoms with E-state index in [2.05, 4.69) is 25.9 Å². The number of hydrogen-bond acceptors (Lipinski definition) is 4. The Hall–Kier alpha value is -4.27. The van der Waals surface area contributed by atoms with E-state index < -0.39 is 5.91 Å². The lowest BCUT2D eigenvalue weighted by atomic mass is 10.1. The van der Waals surface area contributed by atoms with Crippen molar-refractivity contribution in [2.75, 3.05) is 10.6 Å². The molecular weight excluding hydrogens is 387 g/mol. The molecule has 0 unspecified atom stereocenters. The van der Waals surface area contributed by atoms with Crippen molar-refractivity contribution in [1.29, 1.82) is 0 Å². The Morgan fingerprint density at radius 3 is 2.33 bits per heavy atom. The molecule has 9 heteroatoms. The molecule has 4 rings (SSSR count). The van der Waals surface area contributed by atoms with Gasteiger partial charge in [0.25, 0.3) is 11.8 Å². The standard InChI is InChI=1S/C21H17FN6O2/c1-28-10-9-17(27-28)20(29)23-15-3-2-4-16(11-15)24-21(30)19-12-18(25-26-19)13-5-7-14(22)8-6-13/h2-12H,1H3,(H,23,29)(H,24,30)(H,25,26). The van der Waals surface area contributed by atoms with Crippen molar-refractivity contribution in [3.63, 3.8) is 0 Å². The molecule has 2 heterocycles. The number of H-pyrrole nitrogens is 1. The number of aromatic nitrogens is 4. The Kier molecular flexibility index (Phi) is 5.08. The third-order valence-electron chi connectivity index (χ3n) is 4.29. The van der Waals surface area contributed by atoms with Crippen molar-refractivity contribution in [3.8, 4) is 11.3 Å². The molecule has 0 aliphatic carbocycles. The summed E-state index contributed by atoms with van der Waals surface area (Å²) in [4.78, 5) is 24.8. The van der Waals surface area contributed by atoms with Crippen molar-refractivity contribution in [2.45, 2.75) is 0 Å². The minimum absolute atomic E-state index is 0.247. The number of carbonyl (C=O) groups excluding carboxylic acids is 2. The van der Waals surface area contributed by atoms with Crippen LogP contribution in [0.4, 0.5) is 15.8 Å². The summed E-state index contributed by atoms with van der Waals surface area (Å²) in [7, 11) is 1.73. The van der Waals surface area contributed by atoms with Crippen LogP contribution < -0.4 is 10.6 Å². The third kappa shape index (κ3) is 4.25. The Morgan fingerprint density at radius 1 is 0.967 bits per heavy atom. The fraction of sp³-hybridized carbons (Fsp3) is 0.0476. The number of benzene rings is 2. The number of rotatable bonds is 5. The van der Waals surface area contributed by atoms with E-state index in [1.54, 1.807) is 61.8 Å². The number of anilines is 2. The van der Waals surface area contributed by atoms with Gasteiger partial charge >= 0.3 is 0 Å². The predicted molar refractivity (Wildman–Crippen MR) is 110 cm³/mol. The largest absolute Gasteiger partial charge is 0.321 e. The Labute approximate surface area is 170 Å². The monoisotopic (exact) mass is 404 g/mol. The second-order valence-corrected chi connectivity index (χ2v) is 6.54. The lowest BCUT2D eigenvalue weighted by Crippen LogP contribution is -2.14. The van der Waals surface area contributed by atoms with E-state index in [0.717, 1.165) is 0 Å². The smallest absolute Gasteiger partial charge is 0.276 e. The first kappa shape index (κ1) is 19.1. The number of aromatic amines is 1. The van der Waals surface area contributed by atoms with Crippen molar-refractivity contribution in [1.82, 2.24) is 20.0 Å². The van der Waals surface area contributed by atoms with Crippen LogP contribution in [0.25, 0.3) is 11.3 Å². The second kappa shape index (κ2) is 8.00. The summed E-state index contributed by atoms with van der Waals surface area (Å²) in [5, 5.41) is 16.3. The van der Waals surface area contributed by atoms with Crippen molar-refractivity contribution >= 4 is 23.2 Å². The molecular formula is C21H17FN6O2. The van der Waals surface area contributed by atoms with Gasteiger partial charge in [-0.25, -0.2) is 4.39 Å². The quantitative estimate of drug-likeness (QED) is 0.474. The maximum Gasteiger partial charge on any atom is 0.276 e. The predicted octanol–water partition coefficient (Wildman–Crippen LogP) is 3.45. The summed E-state index contributed by atoms with van der Waals surface area (Å²) in [5.41, 5.74) is 2.76. The van der Waals surface area contributed by atoms with Gasteiger partial charge in [-0.1, -0.05) is 6.07 Å². The van der Waals surface area contributed by atoms with Crippen molar-refractivity contribution in [2.24, 2.45) is 7.05 Å². The van der Waals surface area contributed by atoms with Crippen LogP contribution >= 0.6 is 0 Å². The molecule has 4 aromatic rings. The second-order valence-electron chi connectivity index (χ2n) is 6.54. The minimum Gasteiger partial charge on any atom is -0.321 e. The summed E-state index contributed by atoms with van der Waals surface area (Å²) < 4.78 is 14.6. The van der Waals surface area contributed by atoms with E-state index in [1.165, 1.54) is 16.8 Å². The van der Waals surface area contributed by atoms with E-state index >= 15 is 0 Å². The molecule has 0 spiro atoms. The van der Waals surface area contributed by atoms with E-state index in [4.69, 9.17) is 0 Å². The number of carbonyl (C=O) groups is 2. The number of nitrogens with one attached hydrogen (secondary N) is 3. The molecule has 30 heavy (non-hydrogen) atoms. The molecule has 150 valence electrons. The first-order valence-corrected chi connectivity index (χ1v) is 9.02. The number of nitrogens with zero attached hydrogens (tertiary/aromatic N) is 3. The Bertz CT molecular complexity index is 1210. The Morgan fingerprint density at radius 2 is 1.67 bits per heavy atom. The van der Waals surface area contributed by atoms with Crippen LogP contribution in [0, 0.1) is 5.82 Å². The van der Waals surface area contributed by atoms with Gasteiger partial charge in [0.05, 0.1) is 5.69 Å². The van der Waals surface area contributed by atoms with Gasteiger partial charge in [-0.05, 0) is 54.6 Å². The summed E-state index contributed by atoms with van der Waals surface area (Å²) in [6, 6.07) is 15.8. The number of halogens is 1. The zero-order valence-corrected chi connectivity index (χ0v) is 15.9. The molecule has 0 bridgehead atoms. The molecule has 2 amide bonds. The number of aryl methyl sites for hydroxylation is 1. The molecule has 0 aliphatic heterocycles. The van der Waals surface area contributed by atoms with E-state index in [9.17, 15) is 14.0 Å². The SMILES string of the molecule is Cn1ccc(C(=O)Nc2cccc(NC(=O)c3cc(-c4ccc(F)cc4)n[nH]3)c2)n1. The van der Waals surface area contributed by atoms with E-state index in [0.29, 0.717) is 22.6 Å². The van der Waals surface area contributed by atoms with E-state index in [1.807, 2.05) is 0 Å². The van der Waals surface area contributed by atoms with Crippen LogP contribution in [0.1, 0.15) is 21.0 Å². The van der Waals surface area contributed by atoms with Crippen LogP contribution in [0.5, 0.6) is 0 Å². The fourth-order valence-corrected chi connectivity index (χ4v) is 2.81. The zero-order valence-electron chi connectivity index (χ0n) is 15.9. The summed E-state index contributed by atoms with van der Waals surface area (Å²) in [6.07, 6.45) is 1.68. The lowest BCUT2D eigenvalue weighted by Gasteiger charge is -2.07. The molecule has 0 atom stereocenters. The summed E-state index contributed by atoms with van der Waals surface area (Å²) >= 11 is 0. The summed E-state index contributed by atoms with van der Waals surface area (Å²) in [5.74, 6) is -1.09. The highest BCUT2D eigenvalue weighted by atomic mass is 19.1. The number of amides is 2. The highest BCUT2D eigenvalue weighted by molar-refractivity contribution is 6.05. The topological polar surface area (TPSA) is 105 Å². The van der Waals surface area contributed by atoms with Gasteiger partial charge in [-0.2, -0.15) is 10.2 Å². The normalized spacial score (nSPS) is 10.6. The zero-order chi connectivity index (χ0) is 21.1. The molecule has 0 saturated heterocycles. The van der Waals surface area contributed by atoms with E-state index in [-0.39, 0.29) is 23.1 Å². The van der Waals surface area contributed by atoms with Gasteiger partial charge in [0.1, 0.15) is 11.5 Å². The lowest BCUT2D eigenvalue weighted by molar-refractivity contribution is 0.101. The fourth-order valence-electron chi connectivity index (χ4n) is 2.81. The van der Waals surface area contributed by atoms with Crippen LogP contribution in [0.15, 0.2) is 66.9 Å². The van der Waals surface area contributed by atoms with Crippen LogP contribution in [-0.2, 0) is 7.05 Å². The van der Waals surface area contributed by atoms with Crippen molar-refractivity contribution in [3.05, 3.63) is 84.1 Å². The van der Waals surface area contributed by atoms with Crippen LogP contribution in [0.3, 0.4) is 0 Å². The molecule has 3 N–H and O–H groups in total. The molecule has 0 fully saturated rings. The molecule has 0 saturated carbocycles. The molecule has 2 aromatic carbocycles. The Balaban J connectivity index is 1.44. The van der Waals surface area contributed by atoms with Crippen molar-refractivity contribution < 1.29 is 14.0 Å². The average Bonchev–Trinajstić information content (AvgIpc) is 3.38. The molecule has 0 radical (unpaired) electrons. The molecule has 0 aliphatic rings. The van der Waals surface area contributed by atoms with Crippen LogP contribution in [0.2, 0.25) is 0 Å². The molecule has 2 aromatic heterocycles. The highest BCUT2D eigenvalue weighted by Gasteiger charge is 2.13. The minimum atomic E-state index is -0.399. The van der Waals surface area contributed by atoms with Gasteiger partial charge < -0.3 is 10.6 Å².